The molecule has 0 unspecified atom stereocenters. The van der Waals surface area contributed by atoms with Crippen LogP contribution in [0.4, 0.5) is 5.69 Å². The second-order valence-corrected chi connectivity index (χ2v) is 7.92. The number of hydrogen-bond acceptors (Lipinski definition) is 6. The Kier molecular flexibility index (Phi) is 7.60. The van der Waals surface area contributed by atoms with Gasteiger partial charge >= 0.3 is 0 Å². The molecule has 0 saturated heterocycles. The molecule has 0 spiro atoms. The molecule has 2 aromatic carbocycles. The average Bonchev–Trinajstić information content (AvgIpc) is 3.14. The highest BCUT2D eigenvalue weighted by molar-refractivity contribution is 8.00. The minimum Gasteiger partial charge on any atom is -0.383 e. The van der Waals surface area contributed by atoms with Crippen molar-refractivity contribution in [3.63, 3.8) is 0 Å². The van der Waals surface area contributed by atoms with E-state index < -0.39 is 5.25 Å². The van der Waals surface area contributed by atoms with Crippen LogP contribution in [0.15, 0.2) is 59.8 Å². The number of nitriles is 1. The Morgan fingerprint density at radius 2 is 1.93 bits per heavy atom. The summed E-state index contributed by atoms with van der Waals surface area (Å²) in [6.07, 6.45) is 0.647. The molecule has 1 N–H and O–H groups in total. The number of para-hydroxylation sites is 1. The number of amides is 1. The Morgan fingerprint density at radius 1 is 1.20 bits per heavy atom. The van der Waals surface area contributed by atoms with Crippen LogP contribution >= 0.6 is 11.8 Å². The summed E-state index contributed by atoms with van der Waals surface area (Å²) >= 11 is 1.33. The van der Waals surface area contributed by atoms with Crippen LogP contribution in [0.2, 0.25) is 0 Å². The number of ether oxygens (including phenoxy) is 1. The van der Waals surface area contributed by atoms with Crippen LogP contribution in [-0.2, 0) is 22.5 Å². The van der Waals surface area contributed by atoms with E-state index >= 15 is 0 Å². The van der Waals surface area contributed by atoms with Crippen LogP contribution in [0.1, 0.15) is 23.9 Å². The molecule has 1 heterocycles. The summed E-state index contributed by atoms with van der Waals surface area (Å²) in [5.41, 5.74) is 2.07. The monoisotopic (exact) mass is 421 g/mol. The molecule has 154 valence electrons. The lowest BCUT2D eigenvalue weighted by Crippen LogP contribution is -2.23. The topological polar surface area (TPSA) is 92.8 Å². The summed E-state index contributed by atoms with van der Waals surface area (Å²) in [7, 11) is 1.65. The Labute approximate surface area is 180 Å². The van der Waals surface area contributed by atoms with Crippen molar-refractivity contribution in [2.75, 3.05) is 19.0 Å². The lowest BCUT2D eigenvalue weighted by molar-refractivity contribution is -0.115. The number of rotatable bonds is 9. The van der Waals surface area contributed by atoms with Crippen molar-refractivity contribution in [3.8, 4) is 6.07 Å². The first-order chi connectivity index (χ1) is 14.6. The molecule has 1 aromatic heterocycles. The van der Waals surface area contributed by atoms with Gasteiger partial charge in [-0.3, -0.25) is 4.79 Å². The quantitative estimate of drug-likeness (QED) is 0.532. The fraction of sp³-hybridized carbons (Fsp3) is 0.273. The molecular formula is C22H23N5O2S. The predicted molar refractivity (Wildman–Crippen MR) is 116 cm³/mol. The third-order valence-corrected chi connectivity index (χ3v) is 5.55. The summed E-state index contributed by atoms with van der Waals surface area (Å²) in [5, 5.41) is 20.9. The van der Waals surface area contributed by atoms with E-state index in [2.05, 4.69) is 21.6 Å². The van der Waals surface area contributed by atoms with Gasteiger partial charge in [0.15, 0.2) is 5.16 Å². The van der Waals surface area contributed by atoms with Crippen LogP contribution in [0, 0.1) is 11.3 Å². The molecule has 0 radical (unpaired) electrons. The average molecular weight is 422 g/mol. The third kappa shape index (κ3) is 5.47. The normalized spacial score (nSPS) is 11.6. The molecule has 1 atom stereocenters. The predicted octanol–water partition coefficient (Wildman–Crippen LogP) is 3.51. The molecule has 0 aliphatic carbocycles. The molecular weight excluding hydrogens is 398 g/mol. The molecule has 7 nitrogen and oxygen atoms in total. The summed E-state index contributed by atoms with van der Waals surface area (Å²) < 4.78 is 7.23. The SMILES string of the molecule is COCCn1c(Cc2ccccc2)nnc1S[C@H](C)C(=O)Nc1ccccc1C#N. The van der Waals surface area contributed by atoms with Crippen molar-refractivity contribution < 1.29 is 9.53 Å². The standard InChI is InChI=1S/C22H23N5O2S/c1-16(21(28)24-19-11-7-6-10-18(19)15-23)30-22-26-25-20(27(22)12-13-29-2)14-17-8-4-3-5-9-17/h3-11,16H,12-14H2,1-2H3,(H,24,28)/t16-/m1/s1. The maximum absolute atomic E-state index is 12.7. The van der Waals surface area contributed by atoms with Crippen LogP contribution in [0.5, 0.6) is 0 Å². The van der Waals surface area contributed by atoms with Crippen LogP contribution in [0.3, 0.4) is 0 Å². The highest BCUT2D eigenvalue weighted by Gasteiger charge is 2.21. The minimum absolute atomic E-state index is 0.200. The second-order valence-electron chi connectivity index (χ2n) is 6.61. The van der Waals surface area contributed by atoms with Crippen LogP contribution in [0.25, 0.3) is 0 Å². The van der Waals surface area contributed by atoms with Gasteiger partial charge in [0.1, 0.15) is 11.9 Å². The Balaban J connectivity index is 1.74. The number of hydrogen-bond donors (Lipinski definition) is 1. The highest BCUT2D eigenvalue weighted by Crippen LogP contribution is 2.25. The molecule has 0 fully saturated rings. The largest absolute Gasteiger partial charge is 0.383 e. The Morgan fingerprint density at radius 3 is 2.67 bits per heavy atom. The number of benzene rings is 2. The summed E-state index contributed by atoms with van der Waals surface area (Å²) in [6, 6.07) is 19.1. The maximum atomic E-state index is 12.7. The highest BCUT2D eigenvalue weighted by atomic mass is 32.2. The molecule has 0 aliphatic rings. The van der Waals surface area contributed by atoms with Crippen molar-refractivity contribution >= 4 is 23.4 Å². The fourth-order valence-corrected chi connectivity index (χ4v) is 3.75. The number of nitrogens with one attached hydrogen (secondary N) is 1. The van der Waals surface area contributed by atoms with Crippen LogP contribution < -0.4 is 5.32 Å². The molecule has 30 heavy (non-hydrogen) atoms. The fourth-order valence-electron chi connectivity index (χ4n) is 2.86. The zero-order valence-corrected chi connectivity index (χ0v) is 17.7. The smallest absolute Gasteiger partial charge is 0.237 e. The number of methoxy groups -OCH3 is 1. The van der Waals surface area contributed by atoms with E-state index in [1.165, 1.54) is 11.8 Å². The molecule has 3 aromatic rings. The van der Waals surface area contributed by atoms with E-state index in [0.29, 0.717) is 36.0 Å². The van der Waals surface area contributed by atoms with Gasteiger partial charge in [0.25, 0.3) is 0 Å². The molecule has 0 bridgehead atoms. The molecule has 8 heteroatoms. The summed E-state index contributed by atoms with van der Waals surface area (Å²) in [5.74, 6) is 0.622. The van der Waals surface area contributed by atoms with Gasteiger partial charge in [-0.05, 0) is 24.6 Å². The molecule has 3 rings (SSSR count). The van der Waals surface area contributed by atoms with E-state index in [9.17, 15) is 10.1 Å². The van der Waals surface area contributed by atoms with Crippen molar-refractivity contribution in [1.82, 2.24) is 14.8 Å². The molecule has 0 saturated carbocycles. The van der Waals surface area contributed by atoms with Gasteiger partial charge < -0.3 is 14.6 Å². The zero-order valence-electron chi connectivity index (χ0n) is 16.9. The number of nitrogens with zero attached hydrogens (tertiary/aromatic N) is 4. The first kappa shape index (κ1) is 21.6. The van der Waals surface area contributed by atoms with Crippen molar-refractivity contribution in [1.29, 1.82) is 5.26 Å². The Hall–Kier alpha value is -3.15. The van der Waals surface area contributed by atoms with Crippen LogP contribution in [-0.4, -0.2) is 39.6 Å². The van der Waals surface area contributed by atoms with Gasteiger partial charge in [-0.1, -0.05) is 54.2 Å². The van der Waals surface area contributed by atoms with Gasteiger partial charge in [-0.2, -0.15) is 5.26 Å². The lowest BCUT2D eigenvalue weighted by Gasteiger charge is -2.14. The van der Waals surface area contributed by atoms with Gasteiger partial charge in [0.2, 0.25) is 5.91 Å². The first-order valence-electron chi connectivity index (χ1n) is 9.54. The van der Waals surface area contributed by atoms with Crippen molar-refractivity contribution in [2.45, 2.75) is 30.3 Å². The summed E-state index contributed by atoms with van der Waals surface area (Å²) in [6.45, 7) is 2.92. The number of aromatic nitrogens is 3. The second kappa shape index (κ2) is 10.6. The lowest BCUT2D eigenvalue weighted by atomic mass is 10.1. The van der Waals surface area contributed by atoms with Gasteiger partial charge in [-0.15, -0.1) is 10.2 Å². The third-order valence-electron chi connectivity index (χ3n) is 4.47. The number of thioether (sulfide) groups is 1. The van der Waals surface area contributed by atoms with Gasteiger partial charge in [0, 0.05) is 20.1 Å². The zero-order chi connectivity index (χ0) is 21.3. The molecule has 1 amide bonds. The van der Waals surface area contributed by atoms with E-state index in [1.807, 2.05) is 34.9 Å². The van der Waals surface area contributed by atoms with Gasteiger partial charge in [-0.25, -0.2) is 0 Å². The molecule has 0 aliphatic heterocycles. The van der Waals surface area contributed by atoms with Crippen molar-refractivity contribution in [2.24, 2.45) is 0 Å². The van der Waals surface area contributed by atoms with E-state index in [-0.39, 0.29) is 5.91 Å². The van der Waals surface area contributed by atoms with E-state index in [1.54, 1.807) is 38.3 Å². The Bertz CT molecular complexity index is 1030. The number of anilines is 1. The maximum Gasteiger partial charge on any atom is 0.237 e. The minimum atomic E-state index is -0.424. The van der Waals surface area contributed by atoms with Gasteiger partial charge in [0.05, 0.1) is 23.1 Å². The summed E-state index contributed by atoms with van der Waals surface area (Å²) in [4.78, 5) is 12.7. The number of carbonyl (C=O) groups is 1. The first-order valence-corrected chi connectivity index (χ1v) is 10.4. The van der Waals surface area contributed by atoms with E-state index in [0.717, 1.165) is 11.4 Å². The van der Waals surface area contributed by atoms with Crippen molar-refractivity contribution in [3.05, 3.63) is 71.5 Å². The number of carbonyl (C=O) groups excluding carboxylic acids is 1. The van der Waals surface area contributed by atoms with E-state index in [4.69, 9.17) is 4.74 Å².